The van der Waals surface area contributed by atoms with Gasteiger partial charge in [-0.1, -0.05) is 11.6 Å². The number of carbonyl (C=O) groups excluding carboxylic acids is 1. The molecule has 1 rings (SSSR count). The fourth-order valence-electron chi connectivity index (χ4n) is 1.94. The Bertz CT molecular complexity index is 538. The van der Waals surface area contributed by atoms with Crippen molar-refractivity contribution in [3.63, 3.8) is 0 Å². The van der Waals surface area contributed by atoms with Crippen molar-refractivity contribution in [1.29, 1.82) is 0 Å². The molecule has 0 radical (unpaired) electrons. The van der Waals surface area contributed by atoms with Gasteiger partial charge in [-0.25, -0.2) is 0 Å². The first-order valence-corrected chi connectivity index (χ1v) is 8.44. The molecule has 0 saturated carbocycles. The lowest BCUT2D eigenvalue weighted by Crippen LogP contribution is -2.43. The average Bonchev–Trinajstić information content (AvgIpc) is 2.52. The molecule has 0 saturated heterocycles. The molecule has 0 fully saturated rings. The Morgan fingerprint density at radius 1 is 1.20 bits per heavy atom. The Morgan fingerprint density at radius 3 is 2.40 bits per heavy atom. The van der Waals surface area contributed by atoms with Gasteiger partial charge < -0.3 is 20.7 Å². The molecule has 0 bridgehead atoms. The highest BCUT2D eigenvalue weighted by Crippen LogP contribution is 2.16. The van der Waals surface area contributed by atoms with Gasteiger partial charge in [-0.3, -0.25) is 9.79 Å². The van der Waals surface area contributed by atoms with Crippen LogP contribution in [0.15, 0.2) is 29.3 Å². The zero-order valence-corrected chi connectivity index (χ0v) is 18.2. The van der Waals surface area contributed by atoms with Crippen LogP contribution in [0.5, 0.6) is 5.75 Å². The van der Waals surface area contributed by atoms with Gasteiger partial charge in [0.25, 0.3) is 0 Å². The number of rotatable bonds is 8. The number of aliphatic imine (C=N–C) groups is 1. The zero-order chi connectivity index (χ0) is 17.9. The zero-order valence-electron chi connectivity index (χ0n) is 15.1. The Balaban J connectivity index is 0.00000576. The third-order valence-corrected chi connectivity index (χ3v) is 3.28. The van der Waals surface area contributed by atoms with Crippen molar-refractivity contribution in [3.05, 3.63) is 29.3 Å². The number of halogens is 2. The van der Waals surface area contributed by atoms with Crippen LogP contribution in [0.1, 0.15) is 27.2 Å². The Labute approximate surface area is 172 Å². The summed E-state index contributed by atoms with van der Waals surface area (Å²) in [5.74, 6) is 1.42. The van der Waals surface area contributed by atoms with Crippen LogP contribution in [0.3, 0.4) is 0 Å². The highest BCUT2D eigenvalue weighted by atomic mass is 127. The second-order valence-electron chi connectivity index (χ2n) is 5.73. The Hall–Kier alpha value is -1.22. The van der Waals surface area contributed by atoms with Gasteiger partial charge >= 0.3 is 0 Å². The van der Waals surface area contributed by atoms with Crippen molar-refractivity contribution in [2.45, 2.75) is 39.3 Å². The molecule has 1 aromatic rings. The summed E-state index contributed by atoms with van der Waals surface area (Å²) in [6.07, 6.45) is 0.351. The third-order valence-electron chi connectivity index (χ3n) is 3.03. The van der Waals surface area contributed by atoms with E-state index in [1.165, 1.54) is 0 Å². The molecular formula is C17H28ClIN4O2. The minimum Gasteiger partial charge on any atom is -0.489 e. The number of nitrogens with zero attached hydrogens (tertiary/aromatic N) is 1. The standard InChI is InChI=1S/C17H27ClN4O2.HI/c1-12(2)22-16(23)9-10-20-17(19-4)21-11-13(3)24-15-7-5-14(18)6-8-15;/h5-8,12-13H,9-11H2,1-4H3,(H,22,23)(H2,19,20,21);1H. The molecule has 0 aliphatic rings. The summed E-state index contributed by atoms with van der Waals surface area (Å²) in [7, 11) is 1.69. The van der Waals surface area contributed by atoms with E-state index in [9.17, 15) is 4.79 Å². The fourth-order valence-corrected chi connectivity index (χ4v) is 2.06. The number of hydrogen-bond acceptors (Lipinski definition) is 3. The molecule has 0 aliphatic heterocycles. The largest absolute Gasteiger partial charge is 0.489 e. The average molecular weight is 483 g/mol. The number of nitrogens with one attached hydrogen (secondary N) is 3. The second kappa shape index (κ2) is 13.0. The predicted octanol–water partition coefficient (Wildman–Crippen LogP) is 2.81. The molecule has 8 heteroatoms. The van der Waals surface area contributed by atoms with Crippen LogP contribution in [0, 0.1) is 0 Å². The maximum absolute atomic E-state index is 11.6. The fraction of sp³-hybridized carbons (Fsp3) is 0.529. The van der Waals surface area contributed by atoms with Gasteiger partial charge in [-0.15, -0.1) is 24.0 Å². The maximum Gasteiger partial charge on any atom is 0.221 e. The van der Waals surface area contributed by atoms with Crippen molar-refractivity contribution in [3.8, 4) is 5.75 Å². The molecule has 25 heavy (non-hydrogen) atoms. The minimum atomic E-state index is -0.0473. The van der Waals surface area contributed by atoms with Crippen LogP contribution in [0.4, 0.5) is 0 Å². The van der Waals surface area contributed by atoms with E-state index in [2.05, 4.69) is 20.9 Å². The number of benzene rings is 1. The summed E-state index contributed by atoms with van der Waals surface area (Å²) in [6.45, 7) is 6.94. The van der Waals surface area contributed by atoms with Gasteiger partial charge in [0.05, 0.1) is 6.54 Å². The lowest BCUT2D eigenvalue weighted by Gasteiger charge is -2.18. The van der Waals surface area contributed by atoms with E-state index >= 15 is 0 Å². The van der Waals surface area contributed by atoms with Crippen LogP contribution in [0.25, 0.3) is 0 Å². The van der Waals surface area contributed by atoms with Crippen LogP contribution >= 0.6 is 35.6 Å². The minimum absolute atomic E-state index is 0. The summed E-state index contributed by atoms with van der Waals surface area (Å²) >= 11 is 5.85. The smallest absolute Gasteiger partial charge is 0.221 e. The highest BCUT2D eigenvalue weighted by molar-refractivity contribution is 14.0. The lowest BCUT2D eigenvalue weighted by atomic mass is 10.3. The SMILES string of the molecule is CN=C(NCCC(=O)NC(C)C)NCC(C)Oc1ccc(Cl)cc1.I. The molecular weight excluding hydrogens is 455 g/mol. The van der Waals surface area contributed by atoms with Gasteiger partial charge in [0, 0.05) is 31.1 Å². The van der Waals surface area contributed by atoms with Crippen molar-refractivity contribution < 1.29 is 9.53 Å². The molecule has 1 unspecified atom stereocenters. The normalized spacial score (nSPS) is 12.2. The van der Waals surface area contributed by atoms with Gasteiger partial charge in [0.2, 0.25) is 5.91 Å². The van der Waals surface area contributed by atoms with E-state index in [1.54, 1.807) is 19.2 Å². The summed E-state index contributed by atoms with van der Waals surface area (Å²) in [4.78, 5) is 15.7. The summed E-state index contributed by atoms with van der Waals surface area (Å²) in [6, 6.07) is 7.40. The van der Waals surface area contributed by atoms with E-state index in [0.29, 0.717) is 30.5 Å². The van der Waals surface area contributed by atoms with E-state index in [1.807, 2.05) is 32.9 Å². The van der Waals surface area contributed by atoms with E-state index in [4.69, 9.17) is 16.3 Å². The maximum atomic E-state index is 11.6. The van der Waals surface area contributed by atoms with E-state index in [-0.39, 0.29) is 42.0 Å². The molecule has 0 spiro atoms. The number of hydrogen-bond donors (Lipinski definition) is 3. The molecule has 142 valence electrons. The molecule has 1 atom stereocenters. The predicted molar refractivity (Wildman–Crippen MR) is 114 cm³/mol. The second-order valence-corrected chi connectivity index (χ2v) is 6.17. The first-order valence-electron chi connectivity index (χ1n) is 8.06. The summed E-state index contributed by atoms with van der Waals surface area (Å²) in [5.41, 5.74) is 0. The van der Waals surface area contributed by atoms with Crippen molar-refractivity contribution in [2.75, 3.05) is 20.1 Å². The molecule has 0 aliphatic carbocycles. The molecule has 6 nitrogen and oxygen atoms in total. The van der Waals surface area contributed by atoms with Gasteiger partial charge in [0.15, 0.2) is 5.96 Å². The van der Waals surface area contributed by atoms with Crippen LogP contribution in [-0.2, 0) is 4.79 Å². The third kappa shape index (κ3) is 11.1. The Morgan fingerprint density at radius 2 is 1.84 bits per heavy atom. The van der Waals surface area contributed by atoms with Crippen molar-refractivity contribution in [1.82, 2.24) is 16.0 Å². The molecule has 1 amide bonds. The Kier molecular flexibility index (Phi) is 12.4. The monoisotopic (exact) mass is 482 g/mol. The van der Waals surface area contributed by atoms with Crippen LogP contribution in [0.2, 0.25) is 5.02 Å². The first kappa shape index (κ1) is 23.8. The molecule has 0 aromatic heterocycles. The van der Waals surface area contributed by atoms with Crippen LogP contribution < -0.4 is 20.7 Å². The van der Waals surface area contributed by atoms with E-state index in [0.717, 1.165) is 5.75 Å². The topological polar surface area (TPSA) is 74.8 Å². The number of guanidine groups is 1. The highest BCUT2D eigenvalue weighted by Gasteiger charge is 2.07. The molecule has 1 aromatic carbocycles. The van der Waals surface area contributed by atoms with Gasteiger partial charge in [0.1, 0.15) is 11.9 Å². The van der Waals surface area contributed by atoms with Gasteiger partial charge in [-0.2, -0.15) is 0 Å². The quantitative estimate of drug-likeness (QED) is 0.303. The van der Waals surface area contributed by atoms with Gasteiger partial charge in [-0.05, 0) is 45.0 Å². The van der Waals surface area contributed by atoms with E-state index < -0.39 is 0 Å². The van der Waals surface area contributed by atoms with Crippen molar-refractivity contribution >= 4 is 47.4 Å². The number of carbonyl (C=O) groups is 1. The number of ether oxygens (including phenoxy) is 1. The molecule has 3 N–H and O–H groups in total. The van der Waals surface area contributed by atoms with Crippen LogP contribution in [-0.4, -0.2) is 44.1 Å². The first-order chi connectivity index (χ1) is 11.4. The summed E-state index contributed by atoms with van der Waals surface area (Å²) in [5, 5.41) is 9.80. The van der Waals surface area contributed by atoms with Crippen molar-refractivity contribution in [2.24, 2.45) is 4.99 Å². The lowest BCUT2D eigenvalue weighted by molar-refractivity contribution is -0.121. The number of amides is 1. The summed E-state index contributed by atoms with van der Waals surface area (Å²) < 4.78 is 5.78. The molecule has 0 heterocycles.